The lowest BCUT2D eigenvalue weighted by Crippen LogP contribution is -2.38. The highest BCUT2D eigenvalue weighted by molar-refractivity contribution is 5.96. The molecule has 1 aromatic carbocycles. The smallest absolute Gasteiger partial charge is 0.254 e. The number of benzene rings is 1. The van der Waals surface area contributed by atoms with Gasteiger partial charge in [-0.15, -0.1) is 0 Å². The molecular weight excluding hydrogens is 340 g/mol. The van der Waals surface area contributed by atoms with E-state index in [4.69, 9.17) is 0 Å². The number of carbonyl (C=O) groups excluding carboxylic acids is 1. The Hall–Kier alpha value is -2.70. The van der Waals surface area contributed by atoms with Crippen molar-refractivity contribution in [2.24, 2.45) is 0 Å². The minimum Gasteiger partial charge on any atom is -0.339 e. The molecule has 0 radical (unpaired) electrons. The molecule has 0 aliphatic carbocycles. The van der Waals surface area contributed by atoms with E-state index < -0.39 is 0 Å². The van der Waals surface area contributed by atoms with E-state index in [-0.39, 0.29) is 17.4 Å². The second kappa shape index (κ2) is 7.13. The van der Waals surface area contributed by atoms with Gasteiger partial charge in [-0.25, -0.2) is 0 Å². The van der Waals surface area contributed by atoms with Gasteiger partial charge in [0.2, 0.25) is 5.95 Å². The van der Waals surface area contributed by atoms with Gasteiger partial charge in [0.15, 0.2) is 0 Å². The summed E-state index contributed by atoms with van der Waals surface area (Å²) >= 11 is 0. The Morgan fingerprint density at radius 2 is 1.81 bits per heavy atom. The number of tetrazole rings is 1. The van der Waals surface area contributed by atoms with Gasteiger partial charge in [-0.05, 0) is 47.7 Å². The predicted molar refractivity (Wildman–Crippen MR) is 105 cm³/mol. The monoisotopic (exact) mass is 368 g/mol. The van der Waals surface area contributed by atoms with Crippen LogP contribution in [0.15, 0.2) is 35.5 Å². The van der Waals surface area contributed by atoms with E-state index >= 15 is 0 Å². The summed E-state index contributed by atoms with van der Waals surface area (Å²) in [5.74, 6) is 0.560. The molecule has 0 saturated carbocycles. The number of nitrogens with one attached hydrogen (secondary N) is 1. The third-order valence-electron chi connectivity index (χ3n) is 5.09. The van der Waals surface area contributed by atoms with Gasteiger partial charge in [-0.3, -0.25) is 4.79 Å². The molecule has 1 aromatic heterocycles. The summed E-state index contributed by atoms with van der Waals surface area (Å²) in [6.07, 6.45) is 0. The quantitative estimate of drug-likeness (QED) is 0.897. The number of anilines is 1. The third kappa shape index (κ3) is 3.46. The number of aromatic nitrogens is 4. The molecule has 0 fully saturated rings. The van der Waals surface area contributed by atoms with Gasteiger partial charge in [-0.1, -0.05) is 50.1 Å². The molecule has 144 valence electrons. The van der Waals surface area contributed by atoms with Crippen LogP contribution in [0.3, 0.4) is 0 Å². The summed E-state index contributed by atoms with van der Waals surface area (Å²) in [7, 11) is 0. The van der Waals surface area contributed by atoms with E-state index in [1.165, 1.54) is 5.56 Å². The SMILES string of the molecule is CCN(CC)C(=O)C1=C(C)Nc2nnnn2C1c1ccc(C(C)(C)C)cc1. The molecule has 1 amide bonds. The van der Waals surface area contributed by atoms with Crippen LogP contribution in [0.25, 0.3) is 0 Å². The normalized spacial score (nSPS) is 16.7. The van der Waals surface area contributed by atoms with Crippen molar-refractivity contribution in [2.75, 3.05) is 18.4 Å². The zero-order valence-electron chi connectivity index (χ0n) is 16.9. The van der Waals surface area contributed by atoms with Crippen LogP contribution in [-0.4, -0.2) is 44.1 Å². The van der Waals surface area contributed by atoms with Crippen molar-refractivity contribution < 1.29 is 4.79 Å². The standard InChI is InChI=1S/C20H28N6O/c1-7-25(8-2)18(27)16-13(3)21-19-22-23-24-26(19)17(16)14-9-11-15(12-10-14)20(4,5)6/h9-12,17H,7-8H2,1-6H3,(H,21,22,24). The molecule has 0 saturated heterocycles. The van der Waals surface area contributed by atoms with Crippen molar-refractivity contribution in [3.63, 3.8) is 0 Å². The molecule has 7 heteroatoms. The topological polar surface area (TPSA) is 75.9 Å². The maximum absolute atomic E-state index is 13.3. The number of amides is 1. The Bertz CT molecular complexity index is 855. The van der Waals surface area contributed by atoms with Crippen molar-refractivity contribution in [3.8, 4) is 0 Å². The Morgan fingerprint density at radius 3 is 2.37 bits per heavy atom. The highest BCUT2D eigenvalue weighted by atomic mass is 16.2. The fourth-order valence-corrected chi connectivity index (χ4v) is 3.44. The molecule has 2 aromatic rings. The fraction of sp³-hybridized carbons (Fsp3) is 0.500. The van der Waals surface area contributed by atoms with Gasteiger partial charge in [0.1, 0.15) is 6.04 Å². The van der Waals surface area contributed by atoms with Crippen molar-refractivity contribution in [1.82, 2.24) is 25.1 Å². The molecule has 1 N–H and O–H groups in total. The Kier molecular flexibility index (Phi) is 5.04. The van der Waals surface area contributed by atoms with Crippen LogP contribution in [0.5, 0.6) is 0 Å². The average molecular weight is 368 g/mol. The van der Waals surface area contributed by atoms with Crippen LogP contribution in [0.4, 0.5) is 5.95 Å². The number of hydrogen-bond donors (Lipinski definition) is 1. The molecule has 1 atom stereocenters. The van der Waals surface area contributed by atoms with E-state index in [0.717, 1.165) is 11.3 Å². The van der Waals surface area contributed by atoms with Crippen molar-refractivity contribution in [1.29, 1.82) is 0 Å². The summed E-state index contributed by atoms with van der Waals surface area (Å²) in [6, 6.07) is 8.04. The first kappa shape index (κ1) is 19.1. The number of likely N-dealkylation sites (N-methyl/N-ethyl adjacent to an activating group) is 1. The number of allylic oxidation sites excluding steroid dienone is 1. The van der Waals surface area contributed by atoms with Gasteiger partial charge >= 0.3 is 0 Å². The van der Waals surface area contributed by atoms with Gasteiger partial charge in [0.05, 0.1) is 5.57 Å². The van der Waals surface area contributed by atoms with Crippen molar-refractivity contribution in [2.45, 2.75) is 53.0 Å². The maximum atomic E-state index is 13.3. The maximum Gasteiger partial charge on any atom is 0.254 e. The molecule has 2 heterocycles. The predicted octanol–water partition coefficient (Wildman–Crippen LogP) is 3.13. The third-order valence-corrected chi connectivity index (χ3v) is 5.09. The zero-order chi connectivity index (χ0) is 19.8. The number of hydrogen-bond acceptors (Lipinski definition) is 5. The molecule has 3 rings (SSSR count). The number of fused-ring (bicyclic) bond motifs is 1. The van der Waals surface area contributed by atoms with Crippen molar-refractivity contribution >= 4 is 11.9 Å². The average Bonchev–Trinajstić information content (AvgIpc) is 3.08. The molecular formula is C20H28N6O. The Labute approximate surface area is 160 Å². The molecule has 7 nitrogen and oxygen atoms in total. The van der Waals surface area contributed by atoms with Crippen molar-refractivity contribution in [3.05, 3.63) is 46.7 Å². The van der Waals surface area contributed by atoms with Crippen LogP contribution in [0, 0.1) is 0 Å². The fourth-order valence-electron chi connectivity index (χ4n) is 3.44. The minimum atomic E-state index is -0.349. The first-order valence-corrected chi connectivity index (χ1v) is 9.43. The van der Waals surface area contributed by atoms with Crippen LogP contribution < -0.4 is 5.32 Å². The van der Waals surface area contributed by atoms with E-state index in [1.54, 1.807) is 4.68 Å². The summed E-state index contributed by atoms with van der Waals surface area (Å²) in [4.78, 5) is 15.1. The molecule has 1 aliphatic heterocycles. The minimum absolute atomic E-state index is 0.0102. The first-order valence-electron chi connectivity index (χ1n) is 9.43. The molecule has 27 heavy (non-hydrogen) atoms. The highest BCUT2D eigenvalue weighted by Gasteiger charge is 2.35. The Morgan fingerprint density at radius 1 is 1.19 bits per heavy atom. The van der Waals surface area contributed by atoms with Crippen LogP contribution >= 0.6 is 0 Å². The molecule has 1 unspecified atom stereocenters. The second-order valence-corrected chi connectivity index (χ2v) is 7.86. The lowest BCUT2D eigenvalue weighted by Gasteiger charge is -2.31. The zero-order valence-corrected chi connectivity index (χ0v) is 16.9. The summed E-state index contributed by atoms with van der Waals surface area (Å²) in [5, 5.41) is 15.2. The van der Waals surface area contributed by atoms with Gasteiger partial charge in [-0.2, -0.15) is 4.68 Å². The van der Waals surface area contributed by atoms with Crippen LogP contribution in [0.1, 0.15) is 58.7 Å². The lowest BCUT2D eigenvalue weighted by molar-refractivity contribution is -0.127. The van der Waals surface area contributed by atoms with Crippen LogP contribution in [0.2, 0.25) is 0 Å². The van der Waals surface area contributed by atoms with Crippen LogP contribution in [-0.2, 0) is 10.2 Å². The molecule has 1 aliphatic rings. The molecule has 0 bridgehead atoms. The number of rotatable bonds is 4. The summed E-state index contributed by atoms with van der Waals surface area (Å²) in [6.45, 7) is 13.8. The largest absolute Gasteiger partial charge is 0.339 e. The Balaban J connectivity index is 2.10. The second-order valence-electron chi connectivity index (χ2n) is 7.86. The summed E-state index contributed by atoms with van der Waals surface area (Å²) in [5.41, 5.74) is 3.78. The van der Waals surface area contributed by atoms with Gasteiger partial charge < -0.3 is 10.2 Å². The first-order chi connectivity index (χ1) is 12.8. The summed E-state index contributed by atoms with van der Waals surface area (Å²) < 4.78 is 1.69. The van der Waals surface area contributed by atoms with E-state index in [9.17, 15) is 4.79 Å². The molecule has 0 spiro atoms. The van der Waals surface area contributed by atoms with Gasteiger partial charge in [0, 0.05) is 18.8 Å². The lowest BCUT2D eigenvalue weighted by atomic mass is 9.85. The highest BCUT2D eigenvalue weighted by Crippen LogP contribution is 2.36. The van der Waals surface area contributed by atoms with Gasteiger partial charge in [0.25, 0.3) is 5.91 Å². The number of carbonyl (C=O) groups is 1. The number of nitrogens with zero attached hydrogens (tertiary/aromatic N) is 5. The van der Waals surface area contributed by atoms with E-state index in [0.29, 0.717) is 24.6 Å². The van der Waals surface area contributed by atoms with E-state index in [1.807, 2.05) is 25.7 Å². The van der Waals surface area contributed by atoms with E-state index in [2.05, 4.69) is 65.9 Å².